The number of thioether (sulfide) groups is 1. The van der Waals surface area contributed by atoms with E-state index in [1.807, 2.05) is 31.2 Å². The van der Waals surface area contributed by atoms with Gasteiger partial charge in [-0.3, -0.25) is 4.79 Å². The molecule has 0 bridgehead atoms. The molecule has 1 aliphatic heterocycles. The first-order chi connectivity index (χ1) is 14.5. The van der Waals surface area contributed by atoms with Crippen LogP contribution in [0.15, 0.2) is 40.7 Å². The van der Waals surface area contributed by atoms with E-state index in [0.29, 0.717) is 29.0 Å². The molecule has 2 aromatic rings. The molecule has 1 atom stereocenters. The molecule has 0 spiro atoms. The SMILES string of the molecule is CCOC(=O)C1=C(C)Nc2nc(SCC(=O)OC)nn2[C@H]1c1ccc(OCC)cc1. The third-order valence-corrected chi connectivity index (χ3v) is 5.19. The number of hydrogen-bond acceptors (Lipinski definition) is 9. The molecule has 10 heteroatoms. The molecule has 0 aliphatic carbocycles. The van der Waals surface area contributed by atoms with Crippen LogP contribution < -0.4 is 10.1 Å². The van der Waals surface area contributed by atoms with Crippen molar-refractivity contribution in [3.63, 3.8) is 0 Å². The molecular weight excluding hydrogens is 408 g/mol. The topological polar surface area (TPSA) is 105 Å². The Hall–Kier alpha value is -3.01. The molecule has 0 saturated heterocycles. The van der Waals surface area contributed by atoms with Gasteiger partial charge in [-0.15, -0.1) is 5.10 Å². The minimum absolute atomic E-state index is 0.0881. The average molecular weight is 433 g/mol. The van der Waals surface area contributed by atoms with Crippen molar-refractivity contribution < 1.29 is 23.8 Å². The molecule has 1 aliphatic rings. The van der Waals surface area contributed by atoms with Gasteiger partial charge in [0, 0.05) is 5.70 Å². The second-order valence-electron chi connectivity index (χ2n) is 6.32. The van der Waals surface area contributed by atoms with E-state index in [9.17, 15) is 9.59 Å². The number of nitrogens with zero attached hydrogens (tertiary/aromatic N) is 3. The predicted molar refractivity (Wildman–Crippen MR) is 111 cm³/mol. The Kier molecular flexibility index (Phi) is 6.99. The molecule has 160 valence electrons. The standard InChI is InChI=1S/C20H24N4O5S/c1-5-28-14-9-7-13(8-10-14)17-16(18(26)29-6-2)12(3)21-19-22-20(23-24(17)19)30-11-15(25)27-4/h7-10,17H,5-6,11H2,1-4H3,(H,21,22,23)/t17-/m0/s1. The third-order valence-electron chi connectivity index (χ3n) is 4.38. The Labute approximate surface area is 178 Å². The predicted octanol–water partition coefficient (Wildman–Crippen LogP) is 2.79. The fourth-order valence-corrected chi connectivity index (χ4v) is 3.73. The molecule has 0 saturated carbocycles. The zero-order valence-electron chi connectivity index (χ0n) is 17.3. The van der Waals surface area contributed by atoms with Gasteiger partial charge in [0.05, 0.1) is 31.6 Å². The number of aromatic nitrogens is 3. The summed E-state index contributed by atoms with van der Waals surface area (Å²) in [4.78, 5) is 28.7. The molecule has 30 heavy (non-hydrogen) atoms. The molecule has 1 N–H and O–H groups in total. The van der Waals surface area contributed by atoms with E-state index in [-0.39, 0.29) is 18.3 Å². The largest absolute Gasteiger partial charge is 0.494 e. The van der Waals surface area contributed by atoms with Gasteiger partial charge in [-0.1, -0.05) is 23.9 Å². The van der Waals surface area contributed by atoms with Crippen LogP contribution in [0.1, 0.15) is 32.4 Å². The number of fused-ring (bicyclic) bond motifs is 1. The molecule has 0 unspecified atom stereocenters. The highest BCUT2D eigenvalue weighted by Gasteiger charge is 2.35. The van der Waals surface area contributed by atoms with Crippen molar-refractivity contribution in [2.24, 2.45) is 0 Å². The van der Waals surface area contributed by atoms with Crippen molar-refractivity contribution in [2.75, 3.05) is 31.4 Å². The number of hydrogen-bond donors (Lipinski definition) is 1. The fourth-order valence-electron chi connectivity index (χ4n) is 3.07. The maximum atomic E-state index is 12.8. The van der Waals surface area contributed by atoms with E-state index in [1.54, 1.807) is 18.5 Å². The molecule has 3 rings (SSSR count). The van der Waals surface area contributed by atoms with Crippen molar-refractivity contribution in [3.8, 4) is 5.75 Å². The molecule has 1 aromatic heterocycles. The van der Waals surface area contributed by atoms with Crippen molar-refractivity contribution in [1.82, 2.24) is 14.8 Å². The maximum absolute atomic E-state index is 12.8. The number of rotatable bonds is 8. The number of methoxy groups -OCH3 is 1. The van der Waals surface area contributed by atoms with Crippen LogP contribution in [0.5, 0.6) is 5.75 Å². The van der Waals surface area contributed by atoms with Gasteiger partial charge < -0.3 is 19.5 Å². The van der Waals surface area contributed by atoms with Gasteiger partial charge in [0.1, 0.15) is 11.8 Å². The molecule has 2 heterocycles. The molecule has 0 fully saturated rings. The van der Waals surface area contributed by atoms with Gasteiger partial charge in [-0.25, -0.2) is 9.48 Å². The van der Waals surface area contributed by atoms with E-state index in [1.165, 1.54) is 7.11 Å². The number of nitrogens with one attached hydrogen (secondary N) is 1. The van der Waals surface area contributed by atoms with Gasteiger partial charge in [0.25, 0.3) is 0 Å². The monoisotopic (exact) mass is 432 g/mol. The quantitative estimate of drug-likeness (QED) is 0.498. The average Bonchev–Trinajstić information content (AvgIpc) is 3.14. The van der Waals surface area contributed by atoms with Crippen LogP contribution in [0, 0.1) is 0 Å². The van der Waals surface area contributed by atoms with Gasteiger partial charge in [0.2, 0.25) is 11.1 Å². The lowest BCUT2D eigenvalue weighted by atomic mass is 9.96. The second kappa shape index (κ2) is 9.66. The van der Waals surface area contributed by atoms with Gasteiger partial charge in [-0.2, -0.15) is 4.98 Å². The summed E-state index contributed by atoms with van der Waals surface area (Å²) in [5.41, 5.74) is 1.91. The zero-order chi connectivity index (χ0) is 21.7. The van der Waals surface area contributed by atoms with E-state index >= 15 is 0 Å². The minimum atomic E-state index is -0.532. The highest BCUT2D eigenvalue weighted by molar-refractivity contribution is 7.99. The Bertz CT molecular complexity index is 955. The summed E-state index contributed by atoms with van der Waals surface area (Å²) < 4.78 is 17.1. The van der Waals surface area contributed by atoms with Crippen molar-refractivity contribution in [1.29, 1.82) is 0 Å². The Balaban J connectivity index is 2.01. The number of allylic oxidation sites excluding steroid dienone is 1. The van der Waals surface area contributed by atoms with Crippen LogP contribution in [-0.2, 0) is 19.1 Å². The van der Waals surface area contributed by atoms with Crippen LogP contribution in [0.2, 0.25) is 0 Å². The number of benzene rings is 1. The molecule has 9 nitrogen and oxygen atoms in total. The van der Waals surface area contributed by atoms with Crippen LogP contribution in [0.25, 0.3) is 0 Å². The summed E-state index contributed by atoms with van der Waals surface area (Å²) in [7, 11) is 1.33. The molecule has 0 amide bonds. The van der Waals surface area contributed by atoms with Crippen LogP contribution in [0.3, 0.4) is 0 Å². The fraction of sp³-hybridized carbons (Fsp3) is 0.400. The first-order valence-corrected chi connectivity index (χ1v) is 10.5. The summed E-state index contributed by atoms with van der Waals surface area (Å²) in [5.74, 6) is 0.510. The number of carbonyl (C=O) groups is 2. The number of ether oxygens (including phenoxy) is 3. The van der Waals surface area contributed by atoms with Gasteiger partial charge >= 0.3 is 11.9 Å². The molecular formula is C20H24N4O5S. The van der Waals surface area contributed by atoms with E-state index in [4.69, 9.17) is 9.47 Å². The highest BCUT2D eigenvalue weighted by Crippen LogP contribution is 2.37. The lowest BCUT2D eigenvalue weighted by Crippen LogP contribution is -2.29. The first kappa shape index (κ1) is 21.7. The zero-order valence-corrected chi connectivity index (χ0v) is 18.1. The normalized spacial score (nSPS) is 15.3. The van der Waals surface area contributed by atoms with Gasteiger partial charge in [0.15, 0.2) is 0 Å². The Morgan fingerprint density at radius 1 is 1.20 bits per heavy atom. The summed E-state index contributed by atoms with van der Waals surface area (Å²) in [5, 5.41) is 8.04. The highest BCUT2D eigenvalue weighted by atomic mass is 32.2. The van der Waals surface area contributed by atoms with Crippen LogP contribution >= 0.6 is 11.8 Å². The first-order valence-electron chi connectivity index (χ1n) is 9.52. The number of esters is 2. The summed E-state index contributed by atoms with van der Waals surface area (Å²) in [6.07, 6.45) is 0. The second-order valence-corrected chi connectivity index (χ2v) is 7.26. The summed E-state index contributed by atoms with van der Waals surface area (Å²) >= 11 is 1.16. The Morgan fingerprint density at radius 3 is 2.57 bits per heavy atom. The van der Waals surface area contributed by atoms with Crippen LogP contribution in [0.4, 0.5) is 5.95 Å². The number of carbonyl (C=O) groups excluding carboxylic acids is 2. The summed E-state index contributed by atoms with van der Waals surface area (Å²) in [6.45, 7) is 6.30. The minimum Gasteiger partial charge on any atom is -0.494 e. The van der Waals surface area contributed by atoms with Gasteiger partial charge in [-0.05, 0) is 38.5 Å². The third kappa shape index (κ3) is 4.59. The Morgan fingerprint density at radius 2 is 1.93 bits per heavy atom. The molecule has 0 radical (unpaired) electrons. The van der Waals surface area contributed by atoms with E-state index in [2.05, 4.69) is 20.1 Å². The lowest BCUT2D eigenvalue weighted by molar-refractivity contribution is -0.139. The van der Waals surface area contributed by atoms with Crippen molar-refractivity contribution >= 4 is 29.6 Å². The molecule has 1 aromatic carbocycles. The summed E-state index contributed by atoms with van der Waals surface area (Å²) in [6, 6.07) is 6.95. The lowest BCUT2D eigenvalue weighted by Gasteiger charge is -2.28. The van der Waals surface area contributed by atoms with Crippen LogP contribution in [-0.4, -0.2) is 52.8 Å². The smallest absolute Gasteiger partial charge is 0.338 e. The number of anilines is 1. The van der Waals surface area contributed by atoms with Crippen molar-refractivity contribution in [2.45, 2.75) is 32.0 Å². The maximum Gasteiger partial charge on any atom is 0.338 e. The van der Waals surface area contributed by atoms with E-state index in [0.717, 1.165) is 23.1 Å². The van der Waals surface area contributed by atoms with E-state index < -0.39 is 12.0 Å². The van der Waals surface area contributed by atoms with Crippen molar-refractivity contribution in [3.05, 3.63) is 41.1 Å².